The average Bonchev–Trinajstić information content (AvgIpc) is 2.88. The number of anilines is 1. The molecule has 2 aromatic carbocycles. The molecule has 1 fully saturated rings. The number of hydrogen-bond acceptors (Lipinski definition) is 5. The fourth-order valence-corrected chi connectivity index (χ4v) is 5.17. The highest BCUT2D eigenvalue weighted by Gasteiger charge is 2.32. The van der Waals surface area contributed by atoms with Crippen molar-refractivity contribution < 1.29 is 19.1 Å². The lowest BCUT2D eigenvalue weighted by molar-refractivity contribution is -0.132. The van der Waals surface area contributed by atoms with Crippen molar-refractivity contribution in [2.75, 3.05) is 24.6 Å². The van der Waals surface area contributed by atoms with Gasteiger partial charge in [0.15, 0.2) is 0 Å². The Balaban J connectivity index is 1.74. The molecule has 2 aliphatic heterocycles. The number of ether oxygens (including phenoxy) is 1. The molecule has 0 aliphatic carbocycles. The van der Waals surface area contributed by atoms with E-state index >= 15 is 0 Å². The number of hydrogen-bond donors (Lipinski definition) is 0. The third kappa shape index (κ3) is 4.32. The van der Waals surface area contributed by atoms with Crippen LogP contribution < -0.4 is 4.90 Å². The zero-order chi connectivity index (χ0) is 22.0. The third-order valence-electron chi connectivity index (χ3n) is 5.76. The fraction of sp³-hybridized carbons (Fsp3) is 0.375. The second-order valence-corrected chi connectivity index (χ2v) is 8.91. The molecule has 2 heterocycles. The molecule has 0 bridgehead atoms. The van der Waals surface area contributed by atoms with Crippen LogP contribution in [0.15, 0.2) is 52.3 Å². The second-order valence-electron chi connectivity index (χ2n) is 7.82. The van der Waals surface area contributed by atoms with E-state index in [0.717, 1.165) is 29.1 Å². The minimum atomic E-state index is -0.444. The molecule has 2 aromatic rings. The molecule has 0 saturated carbocycles. The highest BCUT2D eigenvalue weighted by molar-refractivity contribution is 7.99. The Bertz CT molecular complexity index is 1020. The summed E-state index contributed by atoms with van der Waals surface area (Å²) in [5.41, 5.74) is 1.49. The second kappa shape index (κ2) is 9.14. The van der Waals surface area contributed by atoms with E-state index < -0.39 is 5.97 Å². The van der Waals surface area contributed by atoms with E-state index in [1.54, 1.807) is 25.1 Å². The van der Waals surface area contributed by atoms with Crippen molar-refractivity contribution in [3.63, 3.8) is 0 Å². The molecular weight excluding hydrogens is 412 g/mol. The van der Waals surface area contributed by atoms with Crippen LogP contribution in [0.4, 0.5) is 5.69 Å². The smallest absolute Gasteiger partial charge is 0.338 e. The number of esters is 1. The number of rotatable bonds is 4. The highest BCUT2D eigenvalue weighted by Crippen LogP contribution is 2.41. The normalized spacial score (nSPS) is 18.1. The molecule has 31 heavy (non-hydrogen) atoms. The molecule has 2 aliphatic rings. The van der Waals surface area contributed by atoms with Crippen LogP contribution in [0.3, 0.4) is 0 Å². The van der Waals surface area contributed by atoms with Gasteiger partial charge in [0.1, 0.15) is 6.54 Å². The van der Waals surface area contributed by atoms with Crippen molar-refractivity contribution in [3.8, 4) is 0 Å². The molecule has 0 unspecified atom stereocenters. The van der Waals surface area contributed by atoms with Crippen LogP contribution in [0.25, 0.3) is 0 Å². The van der Waals surface area contributed by atoms with E-state index in [2.05, 4.69) is 6.92 Å². The number of amides is 2. The zero-order valence-electron chi connectivity index (χ0n) is 17.8. The van der Waals surface area contributed by atoms with Crippen LogP contribution in [0, 0.1) is 0 Å². The Hall–Kier alpha value is -2.80. The van der Waals surface area contributed by atoms with Gasteiger partial charge in [0.25, 0.3) is 5.91 Å². The van der Waals surface area contributed by atoms with Gasteiger partial charge in [-0.15, -0.1) is 0 Å². The van der Waals surface area contributed by atoms with Crippen molar-refractivity contribution in [1.82, 2.24) is 4.90 Å². The van der Waals surface area contributed by atoms with Crippen molar-refractivity contribution in [2.24, 2.45) is 0 Å². The predicted octanol–water partition coefficient (Wildman–Crippen LogP) is 4.38. The molecule has 4 rings (SSSR count). The van der Waals surface area contributed by atoms with Gasteiger partial charge >= 0.3 is 5.97 Å². The van der Waals surface area contributed by atoms with Crippen LogP contribution in [-0.2, 0) is 9.53 Å². The lowest BCUT2D eigenvalue weighted by Gasteiger charge is -2.35. The van der Waals surface area contributed by atoms with Crippen LogP contribution in [0.2, 0.25) is 0 Å². The number of carbonyl (C=O) groups excluding carboxylic acids is 3. The van der Waals surface area contributed by atoms with E-state index in [1.807, 2.05) is 29.2 Å². The largest absolute Gasteiger partial charge is 0.462 e. The Labute approximate surface area is 186 Å². The SMILES string of the molecule is CCOC(=O)c1ccc2c(c1)N(CC(=O)N1CCCC[C@@H]1C)C(=O)c1ccccc1S2. The third-order valence-corrected chi connectivity index (χ3v) is 6.90. The Morgan fingerprint density at radius 1 is 1.13 bits per heavy atom. The van der Waals surface area contributed by atoms with Crippen molar-refractivity contribution in [3.05, 3.63) is 53.6 Å². The molecule has 1 atom stereocenters. The molecule has 0 aromatic heterocycles. The molecule has 6 nitrogen and oxygen atoms in total. The first kappa shape index (κ1) is 21.4. The summed E-state index contributed by atoms with van der Waals surface area (Å²) >= 11 is 1.47. The minimum absolute atomic E-state index is 0.0582. The number of likely N-dealkylation sites (tertiary alicyclic amines) is 1. The molecule has 162 valence electrons. The lowest BCUT2D eigenvalue weighted by atomic mass is 10.0. The van der Waals surface area contributed by atoms with Gasteiger partial charge in [0, 0.05) is 22.4 Å². The summed E-state index contributed by atoms with van der Waals surface area (Å²) in [6, 6.07) is 12.7. The molecular formula is C24H26N2O4S. The van der Waals surface area contributed by atoms with Gasteiger partial charge in [-0.1, -0.05) is 23.9 Å². The van der Waals surface area contributed by atoms with E-state index in [0.29, 0.717) is 23.4 Å². The molecule has 1 saturated heterocycles. The molecule has 0 spiro atoms. The zero-order valence-corrected chi connectivity index (χ0v) is 18.6. The maximum atomic E-state index is 13.5. The van der Waals surface area contributed by atoms with E-state index in [-0.39, 0.29) is 31.0 Å². The standard InChI is InChI=1S/C24H26N2O4S/c1-3-30-24(29)17-11-12-21-19(14-17)26(15-22(27)25-13-7-6-8-16(25)2)23(28)18-9-4-5-10-20(18)31-21/h4-5,9-12,14,16H,3,6-8,13,15H2,1-2H3/t16-/m0/s1. The molecule has 2 amide bonds. The quantitative estimate of drug-likeness (QED) is 0.663. The average molecular weight is 439 g/mol. The van der Waals surface area contributed by atoms with Crippen LogP contribution >= 0.6 is 11.8 Å². The first-order chi connectivity index (χ1) is 15.0. The lowest BCUT2D eigenvalue weighted by Crippen LogP contribution is -2.48. The first-order valence-electron chi connectivity index (χ1n) is 10.7. The van der Waals surface area contributed by atoms with Crippen LogP contribution in [-0.4, -0.2) is 48.4 Å². The van der Waals surface area contributed by atoms with Gasteiger partial charge in [-0.05, 0) is 63.4 Å². The summed E-state index contributed by atoms with van der Waals surface area (Å²) in [6.07, 6.45) is 3.07. The van der Waals surface area contributed by atoms with Gasteiger partial charge < -0.3 is 9.64 Å². The van der Waals surface area contributed by atoms with E-state index in [9.17, 15) is 14.4 Å². The van der Waals surface area contributed by atoms with E-state index in [4.69, 9.17) is 4.74 Å². The number of nitrogens with zero attached hydrogens (tertiary/aromatic N) is 2. The Kier molecular flexibility index (Phi) is 6.32. The monoisotopic (exact) mass is 438 g/mol. The number of carbonyl (C=O) groups is 3. The highest BCUT2D eigenvalue weighted by atomic mass is 32.2. The van der Waals surface area contributed by atoms with Crippen molar-refractivity contribution in [2.45, 2.75) is 48.9 Å². The number of piperidine rings is 1. The van der Waals surface area contributed by atoms with Gasteiger partial charge in [-0.2, -0.15) is 0 Å². The van der Waals surface area contributed by atoms with Gasteiger partial charge in [0.05, 0.1) is 23.4 Å². The summed E-state index contributed by atoms with van der Waals surface area (Å²) in [5.74, 6) is -0.751. The van der Waals surface area contributed by atoms with Crippen LogP contribution in [0.5, 0.6) is 0 Å². The maximum Gasteiger partial charge on any atom is 0.338 e. The topological polar surface area (TPSA) is 66.9 Å². The maximum absolute atomic E-state index is 13.5. The van der Waals surface area contributed by atoms with Crippen LogP contribution in [0.1, 0.15) is 53.8 Å². The van der Waals surface area contributed by atoms with E-state index in [1.165, 1.54) is 16.7 Å². The Morgan fingerprint density at radius 3 is 2.71 bits per heavy atom. The Morgan fingerprint density at radius 2 is 1.94 bits per heavy atom. The first-order valence-corrected chi connectivity index (χ1v) is 11.5. The van der Waals surface area contributed by atoms with Crippen molar-refractivity contribution in [1.29, 1.82) is 0 Å². The fourth-order valence-electron chi connectivity index (χ4n) is 4.11. The summed E-state index contributed by atoms with van der Waals surface area (Å²) in [6.45, 7) is 4.73. The van der Waals surface area contributed by atoms with Gasteiger partial charge in [-0.3, -0.25) is 14.5 Å². The summed E-state index contributed by atoms with van der Waals surface area (Å²) in [5, 5.41) is 0. The number of fused-ring (bicyclic) bond motifs is 2. The summed E-state index contributed by atoms with van der Waals surface area (Å²) in [4.78, 5) is 44.1. The molecule has 7 heteroatoms. The summed E-state index contributed by atoms with van der Waals surface area (Å²) in [7, 11) is 0. The summed E-state index contributed by atoms with van der Waals surface area (Å²) < 4.78 is 5.14. The minimum Gasteiger partial charge on any atom is -0.462 e. The van der Waals surface area contributed by atoms with Crippen molar-refractivity contribution >= 4 is 35.2 Å². The molecule has 0 N–H and O–H groups in total. The van der Waals surface area contributed by atoms with Gasteiger partial charge in [-0.25, -0.2) is 4.79 Å². The predicted molar refractivity (Wildman–Crippen MR) is 120 cm³/mol. The molecule has 0 radical (unpaired) electrons. The van der Waals surface area contributed by atoms with Gasteiger partial charge in [0.2, 0.25) is 5.91 Å². The number of benzene rings is 2.